The predicted molar refractivity (Wildman–Crippen MR) is 73.5 cm³/mol. The highest BCUT2D eigenvalue weighted by Gasteiger charge is 2.13. The topological polar surface area (TPSA) is 46.2 Å². The van der Waals surface area contributed by atoms with Crippen molar-refractivity contribution in [2.75, 3.05) is 5.32 Å². The van der Waals surface area contributed by atoms with Crippen molar-refractivity contribution in [2.24, 2.45) is 0 Å². The standard InChI is InChI=1S/C14H13NO2S/c1-9-7-8-18-13(9)14(17)15-12-6-4-3-5-11(12)10(2)16/h3-8H,1-2H3,(H,15,17). The molecule has 1 aromatic heterocycles. The maximum Gasteiger partial charge on any atom is 0.266 e. The second-order valence-corrected chi connectivity index (χ2v) is 4.90. The summed E-state index contributed by atoms with van der Waals surface area (Å²) in [5, 5.41) is 4.66. The van der Waals surface area contributed by atoms with Crippen LogP contribution in [-0.2, 0) is 0 Å². The van der Waals surface area contributed by atoms with Gasteiger partial charge in [-0.2, -0.15) is 0 Å². The van der Waals surface area contributed by atoms with Crippen molar-refractivity contribution in [3.8, 4) is 0 Å². The van der Waals surface area contributed by atoms with Crippen LogP contribution < -0.4 is 5.32 Å². The molecule has 3 nitrogen and oxygen atoms in total. The Balaban J connectivity index is 2.28. The number of aryl methyl sites for hydroxylation is 1. The van der Waals surface area contributed by atoms with Gasteiger partial charge < -0.3 is 5.32 Å². The number of para-hydroxylation sites is 1. The number of Topliss-reactive ketones (excluding diaryl/α,β-unsaturated/α-hetero) is 1. The molecule has 0 aliphatic heterocycles. The minimum atomic E-state index is -0.170. The Kier molecular flexibility index (Phi) is 3.58. The van der Waals surface area contributed by atoms with Gasteiger partial charge in [-0.1, -0.05) is 12.1 Å². The fraction of sp³-hybridized carbons (Fsp3) is 0.143. The minimum absolute atomic E-state index is 0.0613. The molecule has 0 aliphatic rings. The zero-order valence-corrected chi connectivity index (χ0v) is 11.0. The van der Waals surface area contributed by atoms with Gasteiger partial charge in [-0.05, 0) is 43.0 Å². The molecule has 0 atom stereocenters. The van der Waals surface area contributed by atoms with Crippen molar-refractivity contribution in [1.82, 2.24) is 0 Å². The van der Waals surface area contributed by atoms with Gasteiger partial charge in [-0.25, -0.2) is 0 Å². The van der Waals surface area contributed by atoms with E-state index in [0.29, 0.717) is 16.1 Å². The molecule has 18 heavy (non-hydrogen) atoms. The molecule has 0 radical (unpaired) electrons. The van der Waals surface area contributed by atoms with E-state index in [-0.39, 0.29) is 11.7 Å². The fourth-order valence-electron chi connectivity index (χ4n) is 1.68. The van der Waals surface area contributed by atoms with Crippen LogP contribution in [0.3, 0.4) is 0 Å². The van der Waals surface area contributed by atoms with Gasteiger partial charge in [-0.3, -0.25) is 9.59 Å². The molecule has 1 amide bonds. The Labute approximate surface area is 109 Å². The van der Waals surface area contributed by atoms with E-state index in [9.17, 15) is 9.59 Å². The SMILES string of the molecule is CC(=O)c1ccccc1NC(=O)c1sccc1C. The van der Waals surface area contributed by atoms with Crippen LogP contribution in [0.1, 0.15) is 32.5 Å². The van der Waals surface area contributed by atoms with Crippen LogP contribution in [0, 0.1) is 6.92 Å². The van der Waals surface area contributed by atoms with E-state index < -0.39 is 0 Å². The maximum absolute atomic E-state index is 12.1. The first-order valence-corrected chi connectivity index (χ1v) is 6.43. The lowest BCUT2D eigenvalue weighted by Gasteiger charge is -2.08. The molecule has 4 heteroatoms. The first kappa shape index (κ1) is 12.5. The Morgan fingerprint density at radius 3 is 2.50 bits per heavy atom. The van der Waals surface area contributed by atoms with Crippen molar-refractivity contribution in [3.63, 3.8) is 0 Å². The second-order valence-electron chi connectivity index (χ2n) is 3.99. The Morgan fingerprint density at radius 2 is 1.89 bits per heavy atom. The smallest absolute Gasteiger partial charge is 0.266 e. The number of nitrogens with one attached hydrogen (secondary N) is 1. The molecule has 0 unspecified atom stereocenters. The molecular formula is C14H13NO2S. The number of benzene rings is 1. The molecule has 1 N–H and O–H groups in total. The number of anilines is 1. The van der Waals surface area contributed by atoms with Crippen molar-refractivity contribution >= 4 is 28.7 Å². The fourth-order valence-corrected chi connectivity index (χ4v) is 2.50. The van der Waals surface area contributed by atoms with Crippen LogP contribution in [0.5, 0.6) is 0 Å². The summed E-state index contributed by atoms with van der Waals surface area (Å²) < 4.78 is 0. The van der Waals surface area contributed by atoms with Gasteiger partial charge in [-0.15, -0.1) is 11.3 Å². The molecule has 0 bridgehead atoms. The lowest BCUT2D eigenvalue weighted by Crippen LogP contribution is -2.13. The van der Waals surface area contributed by atoms with E-state index in [1.54, 1.807) is 24.3 Å². The highest BCUT2D eigenvalue weighted by atomic mass is 32.1. The number of ketones is 1. The first-order valence-electron chi connectivity index (χ1n) is 5.55. The van der Waals surface area contributed by atoms with E-state index in [2.05, 4.69) is 5.32 Å². The van der Waals surface area contributed by atoms with Crippen molar-refractivity contribution in [2.45, 2.75) is 13.8 Å². The van der Waals surface area contributed by atoms with Crippen molar-refractivity contribution in [3.05, 3.63) is 51.7 Å². The molecular weight excluding hydrogens is 246 g/mol. The molecule has 92 valence electrons. The van der Waals surface area contributed by atoms with Crippen LogP contribution in [0.2, 0.25) is 0 Å². The van der Waals surface area contributed by atoms with Crippen LogP contribution in [0.25, 0.3) is 0 Å². The highest BCUT2D eigenvalue weighted by Crippen LogP contribution is 2.20. The molecule has 1 heterocycles. The molecule has 0 spiro atoms. The van der Waals surface area contributed by atoms with Gasteiger partial charge in [0.25, 0.3) is 5.91 Å². The molecule has 0 saturated heterocycles. The lowest BCUT2D eigenvalue weighted by molar-refractivity contribution is 0.101. The van der Waals surface area contributed by atoms with E-state index >= 15 is 0 Å². The number of rotatable bonds is 3. The summed E-state index contributed by atoms with van der Waals surface area (Å²) in [7, 11) is 0. The summed E-state index contributed by atoms with van der Waals surface area (Å²) in [5.74, 6) is -0.231. The van der Waals surface area contributed by atoms with Crippen LogP contribution in [-0.4, -0.2) is 11.7 Å². The number of thiophene rings is 1. The van der Waals surface area contributed by atoms with E-state index in [1.807, 2.05) is 18.4 Å². The molecule has 2 rings (SSSR count). The Hall–Kier alpha value is -1.94. The molecule has 2 aromatic rings. The van der Waals surface area contributed by atoms with Crippen molar-refractivity contribution < 1.29 is 9.59 Å². The monoisotopic (exact) mass is 259 g/mol. The zero-order valence-electron chi connectivity index (χ0n) is 10.2. The first-order chi connectivity index (χ1) is 8.59. The summed E-state index contributed by atoms with van der Waals surface area (Å²) in [5.41, 5.74) is 2.03. The summed E-state index contributed by atoms with van der Waals surface area (Å²) >= 11 is 1.39. The molecule has 0 fully saturated rings. The van der Waals surface area contributed by atoms with E-state index in [4.69, 9.17) is 0 Å². The average Bonchev–Trinajstić information content (AvgIpc) is 2.76. The number of hydrogen-bond donors (Lipinski definition) is 1. The third-order valence-electron chi connectivity index (χ3n) is 2.62. The Morgan fingerprint density at radius 1 is 1.17 bits per heavy atom. The number of carbonyl (C=O) groups is 2. The summed E-state index contributed by atoms with van der Waals surface area (Å²) in [6.45, 7) is 3.38. The van der Waals surface area contributed by atoms with Gasteiger partial charge in [0.15, 0.2) is 5.78 Å². The lowest BCUT2D eigenvalue weighted by atomic mass is 10.1. The van der Waals surface area contributed by atoms with Crippen LogP contribution >= 0.6 is 11.3 Å². The molecule has 1 aromatic carbocycles. The second kappa shape index (κ2) is 5.14. The number of carbonyl (C=O) groups excluding carboxylic acids is 2. The zero-order chi connectivity index (χ0) is 13.1. The number of amides is 1. The minimum Gasteiger partial charge on any atom is -0.321 e. The predicted octanol–water partition coefficient (Wildman–Crippen LogP) is 3.51. The van der Waals surface area contributed by atoms with Gasteiger partial charge in [0.2, 0.25) is 0 Å². The summed E-state index contributed by atoms with van der Waals surface area (Å²) in [6.07, 6.45) is 0. The average molecular weight is 259 g/mol. The third-order valence-corrected chi connectivity index (χ3v) is 3.64. The van der Waals surface area contributed by atoms with E-state index in [1.165, 1.54) is 18.3 Å². The van der Waals surface area contributed by atoms with Gasteiger partial charge in [0, 0.05) is 5.56 Å². The highest BCUT2D eigenvalue weighted by molar-refractivity contribution is 7.12. The molecule has 0 saturated carbocycles. The quantitative estimate of drug-likeness (QED) is 0.857. The summed E-state index contributed by atoms with van der Waals surface area (Å²) in [4.78, 5) is 24.2. The largest absolute Gasteiger partial charge is 0.321 e. The normalized spacial score (nSPS) is 10.1. The maximum atomic E-state index is 12.1. The van der Waals surface area contributed by atoms with Crippen LogP contribution in [0.15, 0.2) is 35.7 Å². The van der Waals surface area contributed by atoms with Crippen molar-refractivity contribution in [1.29, 1.82) is 0 Å². The van der Waals surface area contributed by atoms with Gasteiger partial charge >= 0.3 is 0 Å². The Bertz CT molecular complexity index is 601. The van der Waals surface area contributed by atoms with Gasteiger partial charge in [0.1, 0.15) is 0 Å². The third kappa shape index (κ3) is 2.49. The number of hydrogen-bond acceptors (Lipinski definition) is 3. The van der Waals surface area contributed by atoms with Crippen LogP contribution in [0.4, 0.5) is 5.69 Å². The van der Waals surface area contributed by atoms with E-state index in [0.717, 1.165) is 5.56 Å². The molecule has 0 aliphatic carbocycles. The summed E-state index contributed by atoms with van der Waals surface area (Å²) in [6, 6.07) is 8.92. The van der Waals surface area contributed by atoms with Gasteiger partial charge in [0.05, 0.1) is 10.6 Å².